The molecule has 30 heteroatoms. The van der Waals surface area contributed by atoms with Crippen molar-refractivity contribution in [3.63, 3.8) is 0 Å². The Morgan fingerprint density at radius 3 is 1.28 bits per heavy atom. The summed E-state index contributed by atoms with van der Waals surface area (Å²) in [6.45, 7) is 3.78. The first-order valence-electron chi connectivity index (χ1n) is 38.1. The summed E-state index contributed by atoms with van der Waals surface area (Å²) in [4.78, 5) is 28.7. The normalized spacial score (nSPS) is 24.2. The molecule has 10 fully saturated rings. The van der Waals surface area contributed by atoms with Gasteiger partial charge in [-0.25, -0.2) is 34.4 Å². The number of ether oxygens (including phenoxy) is 4. The minimum absolute atomic E-state index is 0.0900. The van der Waals surface area contributed by atoms with E-state index in [1.54, 1.807) is 25.6 Å². The fourth-order valence-corrected chi connectivity index (χ4v) is 28.6. The van der Waals surface area contributed by atoms with Gasteiger partial charge in [-0.05, 0) is 168 Å². The number of amides is 1. The van der Waals surface area contributed by atoms with Crippen molar-refractivity contribution in [1.82, 2.24) is 13.5 Å². The molecule has 16 rings (SSSR count). The van der Waals surface area contributed by atoms with Gasteiger partial charge in [-0.2, -0.15) is 51.1 Å². The number of rotatable bonds is 16. The van der Waals surface area contributed by atoms with Crippen LogP contribution in [0.2, 0.25) is 0 Å². The van der Waals surface area contributed by atoms with Gasteiger partial charge >= 0.3 is 35.2 Å². The monoisotopic (exact) mass is 1680 g/mol. The summed E-state index contributed by atoms with van der Waals surface area (Å²) in [6.07, 6.45) is 8.28. The second-order valence-corrected chi connectivity index (χ2v) is 42.9. The van der Waals surface area contributed by atoms with Gasteiger partial charge in [-0.1, -0.05) is 67.4 Å². The van der Waals surface area contributed by atoms with Crippen molar-refractivity contribution in [3.8, 4) is 17.2 Å². The number of alkyl halides is 11. The smallest absolute Gasteiger partial charge is 0.471 e. The fraction of sp³-hybridized carbons (Fsp3) is 0.605. The zero-order chi connectivity index (χ0) is 80.5. The summed E-state index contributed by atoms with van der Waals surface area (Å²) < 4.78 is 210. The van der Waals surface area contributed by atoms with Crippen LogP contribution < -0.4 is 14.2 Å². The third-order valence-electron chi connectivity index (χ3n) is 22.8. The largest absolute Gasteiger partial charge is 0.496 e. The number of esters is 1. The lowest BCUT2D eigenvalue weighted by Crippen LogP contribution is -2.50. The van der Waals surface area contributed by atoms with Gasteiger partial charge in [0, 0.05) is 116 Å². The van der Waals surface area contributed by atoms with Gasteiger partial charge in [-0.3, -0.25) is 9.59 Å². The minimum atomic E-state index is -4.79. The highest BCUT2D eigenvalue weighted by molar-refractivity contribution is 8.05. The molecule has 0 aromatic heterocycles. The van der Waals surface area contributed by atoms with E-state index in [-0.39, 0.29) is 90.6 Å². The Balaban J connectivity index is 0.000000143. The Kier molecular flexibility index (Phi) is 29.8. The van der Waals surface area contributed by atoms with E-state index in [0.717, 1.165) is 104 Å². The molecule has 4 saturated heterocycles. The van der Waals surface area contributed by atoms with Crippen LogP contribution in [0.25, 0.3) is 32.3 Å². The molecule has 13 nitrogen and oxygen atoms in total. The van der Waals surface area contributed by atoms with E-state index >= 15 is 0 Å². The first-order valence-corrected chi connectivity index (χ1v) is 47.3. The lowest BCUT2D eigenvalue weighted by molar-refractivity contribution is -0.234. The van der Waals surface area contributed by atoms with Gasteiger partial charge in [0.2, 0.25) is 15.9 Å². The van der Waals surface area contributed by atoms with Crippen molar-refractivity contribution >= 4 is 109 Å². The number of piperidine rings is 1. The van der Waals surface area contributed by atoms with Crippen molar-refractivity contribution in [1.29, 1.82) is 0 Å². The number of carbonyl (C=O) groups is 2. The number of nitrogens with zero attached hydrogens (tertiary/aromatic N) is 3. The Morgan fingerprint density at radius 1 is 0.505 bits per heavy atom. The molecule has 0 radical (unpaired) electrons. The van der Waals surface area contributed by atoms with Gasteiger partial charge in [0.05, 0.1) is 65.8 Å². The van der Waals surface area contributed by atoms with Crippen LogP contribution >= 0.6 is 11.8 Å². The molecule has 6 aromatic rings. The van der Waals surface area contributed by atoms with Crippen molar-refractivity contribution in [2.24, 2.45) is 40.9 Å². The maximum absolute atomic E-state index is 13.3. The summed E-state index contributed by atoms with van der Waals surface area (Å²) in [7, 11) is -2.06. The number of hydrogen-bond donors (Lipinski definition) is 0. The quantitative estimate of drug-likeness (QED) is 0.0394. The minimum Gasteiger partial charge on any atom is -0.496 e. The Hall–Kier alpha value is -5.11. The second kappa shape index (κ2) is 37.4. The molecule has 1 amide bonds. The van der Waals surface area contributed by atoms with E-state index in [2.05, 4.69) is 66.4 Å². The predicted octanol–water partition coefficient (Wildman–Crippen LogP) is 18.2. The maximum Gasteiger partial charge on any atom is 0.471 e. The molecule has 111 heavy (non-hydrogen) atoms. The van der Waals surface area contributed by atoms with Crippen LogP contribution in [0.15, 0.2) is 124 Å². The lowest BCUT2D eigenvalue weighted by Gasteiger charge is -2.55. The molecule has 614 valence electrons. The zero-order valence-corrected chi connectivity index (χ0v) is 69.0. The number of thioether (sulfide) groups is 1. The fourth-order valence-electron chi connectivity index (χ4n) is 17.6. The van der Waals surface area contributed by atoms with Gasteiger partial charge < -0.3 is 23.8 Å². The van der Waals surface area contributed by atoms with E-state index < -0.39 is 61.1 Å². The van der Waals surface area contributed by atoms with Crippen LogP contribution in [-0.2, 0) is 67.1 Å². The number of sulfonamides is 2. The summed E-state index contributed by atoms with van der Waals surface area (Å²) in [5.41, 5.74) is -0.260. The molecule has 4 aliphatic heterocycles. The number of methoxy groups -OCH3 is 3. The first kappa shape index (κ1) is 88.3. The van der Waals surface area contributed by atoms with Crippen molar-refractivity contribution in [2.75, 3.05) is 119 Å². The number of halogens is 11. The summed E-state index contributed by atoms with van der Waals surface area (Å²) in [5, 5.41) is 3.40. The Bertz CT molecular complexity index is 4310. The molecule has 6 saturated carbocycles. The molecule has 6 aliphatic carbocycles. The molecule has 6 aromatic carbocycles. The van der Waals surface area contributed by atoms with Crippen LogP contribution in [0, 0.1) is 40.9 Å². The van der Waals surface area contributed by atoms with Crippen LogP contribution in [0.4, 0.5) is 48.3 Å². The molecule has 0 spiro atoms. The summed E-state index contributed by atoms with van der Waals surface area (Å²) >= 11 is 2.09. The number of carbonyl (C=O) groups excluding carboxylic acids is 2. The predicted molar refractivity (Wildman–Crippen MR) is 425 cm³/mol. The number of hydrogen-bond acceptors (Lipinski definition) is 11. The Morgan fingerprint density at radius 2 is 0.919 bits per heavy atom. The molecule has 4 heterocycles. The lowest BCUT2D eigenvalue weighted by atomic mass is 9.49. The first-order chi connectivity index (χ1) is 52.4. The summed E-state index contributed by atoms with van der Waals surface area (Å²) in [5.74, 6) is -0.205. The van der Waals surface area contributed by atoms with Crippen molar-refractivity contribution in [3.05, 3.63) is 109 Å². The molecule has 10 aliphatic rings. The van der Waals surface area contributed by atoms with Gasteiger partial charge in [0.1, 0.15) is 51.8 Å². The third-order valence-corrected chi connectivity index (χ3v) is 34.6. The molecular weight excluding hydrogens is 1580 g/mol. The van der Waals surface area contributed by atoms with E-state index in [0.29, 0.717) is 92.8 Å². The molecular formula is C81H105F11N3O10S6+3. The van der Waals surface area contributed by atoms with Crippen molar-refractivity contribution < 1.29 is 93.7 Å². The van der Waals surface area contributed by atoms with Crippen LogP contribution in [-0.4, -0.2) is 191 Å². The van der Waals surface area contributed by atoms with Crippen LogP contribution in [0.5, 0.6) is 17.2 Å². The van der Waals surface area contributed by atoms with Crippen LogP contribution in [0.1, 0.15) is 117 Å². The highest BCUT2D eigenvalue weighted by atomic mass is 32.2. The maximum atomic E-state index is 13.3. The standard InChI is InChI=1S/C17H17F3NO2S.C16H24F2O2.C16H20NO3S2.C15H17OS2.C10H14F4.C7H13F2NO2S/c1-23-14-6-7-15(13-5-3-2-4-12(13)14)24-10-8-21(9-11-24)16(22)17(18,19)20;1-15(17,18)3-2-4-20-14(19)16-8-11-5-12(9-16)7-13(6-11)10-16;1-20-15-7-8-16(14-6-4-3-5-13(14)15)21-11-9-17(10-12-21)22(2,18)19;1-16-14-6-7-15(18-10-8-17-9-11-18)13-5-3-2-4-12(13)14;1-9(11,12)10(13,14)8-5-6-2-3-7(8)4-6;1-7(8,9)13(11,12)10-5-3-2-4-6-10/h2-7H,8-11H2,1H3;11-13H,2-10H2,1H3;3-8H,9-12H2,1-2H3;2-7H,8-11H2,1H3;6-8H,2-5H2,1H3;2-6H2,1H3/q+1;;2*+1;;. The summed E-state index contributed by atoms with van der Waals surface area (Å²) in [6, 6.07) is 37.2. The average molecular weight is 1680 g/mol. The van der Waals surface area contributed by atoms with E-state index in [1.165, 1.54) is 74.5 Å². The zero-order valence-electron chi connectivity index (χ0n) is 64.1. The van der Waals surface area contributed by atoms with E-state index in [4.69, 9.17) is 18.9 Å². The number of fused-ring (bicyclic) bond motifs is 5. The van der Waals surface area contributed by atoms with Gasteiger partial charge in [0.25, 0.3) is 10.0 Å². The molecule has 6 bridgehead atoms. The topological polar surface area (TPSA) is 149 Å². The van der Waals surface area contributed by atoms with Gasteiger partial charge in [0.15, 0.2) is 14.7 Å². The molecule has 3 unspecified atom stereocenters. The highest BCUT2D eigenvalue weighted by Gasteiger charge is 2.63. The second-order valence-electron chi connectivity index (χ2n) is 30.8. The number of benzene rings is 6. The highest BCUT2D eigenvalue weighted by Crippen LogP contribution is 2.61. The SMILES string of the molecule is CC(F)(F)C(F)(F)C1CC2CCC1C2.CC(F)(F)CCCOC(=O)C12CC3CC(CC(C3)C1)C2.CC(F)(F)S(=O)(=O)N1CCCCC1.COc1ccc([S+]2CCN(C(=O)C(F)(F)F)CC2)c2ccccc12.COc1ccc([S+]2CCN(S(C)(=O)=O)CC2)c2ccccc12.COc1ccc([S+]2CCSCC2)c2ccccc12. The van der Waals surface area contributed by atoms with E-state index in [1.807, 2.05) is 54.6 Å². The Labute approximate surface area is 659 Å². The molecule has 3 atom stereocenters. The average Bonchev–Trinajstić information content (AvgIpc) is 1.13. The van der Waals surface area contributed by atoms with Gasteiger partial charge in [-0.15, -0.1) is 0 Å². The van der Waals surface area contributed by atoms with E-state index in [9.17, 15) is 74.7 Å². The molecule has 0 N–H and O–H groups in total. The third kappa shape index (κ3) is 22.0. The van der Waals surface area contributed by atoms with Crippen LogP contribution in [0.3, 0.4) is 0 Å². The van der Waals surface area contributed by atoms with Crippen molar-refractivity contribution in [2.45, 2.75) is 161 Å².